The zero-order valence-electron chi connectivity index (χ0n) is 24.1. The van der Waals surface area contributed by atoms with Gasteiger partial charge in [-0.15, -0.1) is 0 Å². The molecule has 2 aliphatic heterocycles. The van der Waals surface area contributed by atoms with E-state index < -0.39 is 11.8 Å². The molecule has 3 heterocycles. The number of ether oxygens (including phenoxy) is 4. The van der Waals surface area contributed by atoms with Crippen LogP contribution in [-0.4, -0.2) is 54.2 Å². The number of carbonyl (C=O) groups is 1. The highest BCUT2D eigenvalue weighted by atomic mass is 35.5. The molecule has 1 aromatic heterocycles. The Bertz CT molecular complexity index is 1310. The first-order valence-electron chi connectivity index (χ1n) is 14.3. The van der Waals surface area contributed by atoms with Gasteiger partial charge in [0.2, 0.25) is 0 Å². The van der Waals surface area contributed by atoms with Crippen LogP contribution >= 0.6 is 11.6 Å². The van der Waals surface area contributed by atoms with E-state index in [9.17, 15) is 4.79 Å². The predicted octanol–water partition coefficient (Wildman–Crippen LogP) is 7.62. The molecule has 8 heteroatoms. The first kappa shape index (κ1) is 28.8. The van der Waals surface area contributed by atoms with E-state index in [-0.39, 0.29) is 17.6 Å². The lowest BCUT2D eigenvalue weighted by molar-refractivity contribution is -0.287. The van der Waals surface area contributed by atoms with E-state index in [0.29, 0.717) is 43.6 Å². The van der Waals surface area contributed by atoms with Crippen LogP contribution in [0.4, 0.5) is 4.79 Å². The standard InChI is InChI=1S/C32H41ClN2O5/c1-6-23(37-18-32(5)19-38-31(3,4)39-20-32)13-11-21(2)29-28-25(26-17-22(33)12-14-27(26)34-28)15-16-35(29)30(36)40-24-9-7-8-10-24/h6,11-14,17,24,29,34H,2,7-10,15-16,18-20H2,1,3-5H3/b13-11-,23-6+/t29-/m0/s1. The highest BCUT2D eigenvalue weighted by Crippen LogP contribution is 2.40. The molecule has 1 amide bonds. The maximum absolute atomic E-state index is 13.4. The lowest BCUT2D eigenvalue weighted by Crippen LogP contribution is -2.47. The van der Waals surface area contributed by atoms with Crippen LogP contribution in [0.5, 0.6) is 0 Å². The Morgan fingerprint density at radius 1 is 1.20 bits per heavy atom. The number of carbonyl (C=O) groups excluding carboxylic acids is 1. The molecule has 1 aliphatic carbocycles. The number of aromatic nitrogens is 1. The number of benzene rings is 1. The number of amides is 1. The lowest BCUT2D eigenvalue weighted by Gasteiger charge is -2.41. The molecule has 1 atom stereocenters. The maximum Gasteiger partial charge on any atom is 0.410 e. The Balaban J connectivity index is 1.35. The summed E-state index contributed by atoms with van der Waals surface area (Å²) in [4.78, 5) is 18.8. The van der Waals surface area contributed by atoms with Gasteiger partial charge in [0.05, 0.1) is 19.8 Å². The van der Waals surface area contributed by atoms with Gasteiger partial charge >= 0.3 is 6.09 Å². The topological polar surface area (TPSA) is 73.0 Å². The van der Waals surface area contributed by atoms with E-state index in [2.05, 4.69) is 18.5 Å². The average Bonchev–Trinajstić information content (AvgIpc) is 3.57. The van der Waals surface area contributed by atoms with Gasteiger partial charge in [0, 0.05) is 33.6 Å². The SMILES string of the molecule is C=C(/C=C\C(=C/C)OCC1(C)COC(C)(C)OC1)[C@H]1c2[nH]c3ccc(Cl)cc3c2CCN1C(=O)OC1CCCC1. The first-order chi connectivity index (χ1) is 19.1. The molecule has 216 valence electrons. The van der Waals surface area contributed by atoms with E-state index in [1.165, 1.54) is 0 Å². The Morgan fingerprint density at radius 2 is 1.93 bits per heavy atom. The number of fused-ring (bicyclic) bond motifs is 3. The fourth-order valence-corrected chi connectivity index (χ4v) is 5.86. The van der Waals surface area contributed by atoms with Gasteiger partial charge in [-0.05, 0) is 94.4 Å². The summed E-state index contributed by atoms with van der Waals surface area (Å²) in [6, 6.07) is 5.46. The number of H-pyrrole nitrogens is 1. The molecule has 0 radical (unpaired) electrons. The van der Waals surface area contributed by atoms with Gasteiger partial charge in [-0.3, -0.25) is 4.90 Å². The van der Waals surface area contributed by atoms with Crippen LogP contribution in [0.1, 0.15) is 70.7 Å². The molecule has 1 N–H and O–H groups in total. The van der Waals surface area contributed by atoms with Gasteiger partial charge in [-0.25, -0.2) is 4.79 Å². The van der Waals surface area contributed by atoms with Crippen molar-refractivity contribution in [3.05, 3.63) is 70.6 Å². The first-order valence-corrected chi connectivity index (χ1v) is 14.7. The van der Waals surface area contributed by atoms with Crippen molar-refractivity contribution in [1.82, 2.24) is 9.88 Å². The Morgan fingerprint density at radius 3 is 2.62 bits per heavy atom. The molecule has 5 rings (SSSR count). The van der Waals surface area contributed by atoms with Crippen LogP contribution in [0, 0.1) is 5.41 Å². The molecule has 2 fully saturated rings. The van der Waals surface area contributed by atoms with Crippen molar-refractivity contribution < 1.29 is 23.7 Å². The maximum atomic E-state index is 13.4. The Kier molecular flexibility index (Phi) is 8.37. The van der Waals surface area contributed by atoms with E-state index in [4.69, 9.17) is 30.5 Å². The molecular formula is C32H41ClN2O5. The van der Waals surface area contributed by atoms with E-state index >= 15 is 0 Å². The zero-order chi connectivity index (χ0) is 28.5. The van der Waals surface area contributed by atoms with E-state index in [1.54, 1.807) is 4.90 Å². The highest BCUT2D eigenvalue weighted by molar-refractivity contribution is 6.31. The molecule has 1 saturated heterocycles. The van der Waals surface area contributed by atoms with Gasteiger partial charge in [0.1, 0.15) is 17.9 Å². The average molecular weight is 569 g/mol. The summed E-state index contributed by atoms with van der Waals surface area (Å²) in [6.45, 7) is 14.4. The van der Waals surface area contributed by atoms with Gasteiger partial charge < -0.3 is 23.9 Å². The molecular weight excluding hydrogens is 528 g/mol. The lowest BCUT2D eigenvalue weighted by atomic mass is 9.92. The smallest absolute Gasteiger partial charge is 0.410 e. The molecule has 0 spiro atoms. The minimum atomic E-state index is -0.571. The molecule has 40 heavy (non-hydrogen) atoms. The van der Waals surface area contributed by atoms with Gasteiger partial charge in [-0.2, -0.15) is 0 Å². The van der Waals surface area contributed by atoms with Crippen LogP contribution in [0.15, 0.2) is 54.3 Å². The summed E-state index contributed by atoms with van der Waals surface area (Å²) in [7, 11) is 0. The minimum Gasteiger partial charge on any atom is -0.493 e. The molecule has 1 aromatic carbocycles. The number of aromatic amines is 1. The molecule has 1 saturated carbocycles. The molecule has 7 nitrogen and oxygen atoms in total. The predicted molar refractivity (Wildman–Crippen MR) is 157 cm³/mol. The number of hydrogen-bond acceptors (Lipinski definition) is 5. The van der Waals surface area contributed by atoms with E-state index in [1.807, 2.05) is 57.2 Å². The monoisotopic (exact) mass is 568 g/mol. The van der Waals surface area contributed by atoms with Crippen LogP contribution < -0.4 is 0 Å². The van der Waals surface area contributed by atoms with Crippen molar-refractivity contribution in [1.29, 1.82) is 0 Å². The van der Waals surface area contributed by atoms with Crippen LogP contribution in [0.2, 0.25) is 5.02 Å². The summed E-state index contributed by atoms with van der Waals surface area (Å²) < 4.78 is 23.8. The van der Waals surface area contributed by atoms with Crippen molar-refractivity contribution in [3.8, 4) is 0 Å². The zero-order valence-corrected chi connectivity index (χ0v) is 24.8. The summed E-state index contributed by atoms with van der Waals surface area (Å²) in [5.41, 5.74) is 3.63. The van der Waals surface area contributed by atoms with Crippen LogP contribution in [0.3, 0.4) is 0 Å². The largest absolute Gasteiger partial charge is 0.493 e. The third kappa shape index (κ3) is 6.27. The minimum absolute atomic E-state index is 0.0115. The molecule has 0 unspecified atom stereocenters. The fourth-order valence-electron chi connectivity index (χ4n) is 5.69. The third-order valence-electron chi connectivity index (χ3n) is 8.11. The highest BCUT2D eigenvalue weighted by Gasteiger charge is 2.38. The summed E-state index contributed by atoms with van der Waals surface area (Å²) in [5, 5.41) is 1.77. The number of hydrogen-bond donors (Lipinski definition) is 1. The fraction of sp³-hybridized carbons (Fsp3) is 0.531. The van der Waals surface area contributed by atoms with E-state index in [0.717, 1.165) is 53.4 Å². The number of rotatable bonds is 7. The van der Waals surface area contributed by atoms with Gasteiger partial charge in [0.15, 0.2) is 5.79 Å². The molecule has 0 bridgehead atoms. The van der Waals surface area contributed by atoms with Crippen molar-refractivity contribution in [2.45, 2.75) is 77.7 Å². The quantitative estimate of drug-likeness (QED) is 0.275. The Labute approximate surface area is 242 Å². The number of nitrogens with one attached hydrogen (secondary N) is 1. The summed E-state index contributed by atoms with van der Waals surface area (Å²) >= 11 is 6.34. The van der Waals surface area contributed by atoms with Crippen molar-refractivity contribution in [2.75, 3.05) is 26.4 Å². The second-order valence-electron chi connectivity index (χ2n) is 12.0. The van der Waals surface area contributed by atoms with Crippen LogP contribution in [-0.2, 0) is 25.4 Å². The number of halogens is 1. The normalized spacial score (nSPS) is 23.0. The van der Waals surface area contributed by atoms with Gasteiger partial charge in [0.25, 0.3) is 0 Å². The second-order valence-corrected chi connectivity index (χ2v) is 12.5. The van der Waals surface area contributed by atoms with Crippen LogP contribution in [0.25, 0.3) is 10.9 Å². The number of nitrogens with zero attached hydrogens (tertiary/aromatic N) is 1. The third-order valence-corrected chi connectivity index (χ3v) is 8.35. The summed E-state index contributed by atoms with van der Waals surface area (Å²) in [5.74, 6) is 0.143. The molecule has 3 aliphatic rings. The summed E-state index contributed by atoms with van der Waals surface area (Å²) in [6.07, 6.45) is 10.2. The van der Waals surface area contributed by atoms with Crippen molar-refractivity contribution in [3.63, 3.8) is 0 Å². The molecule has 2 aromatic rings. The van der Waals surface area contributed by atoms with Gasteiger partial charge in [-0.1, -0.05) is 31.2 Å². The van der Waals surface area contributed by atoms with Crippen molar-refractivity contribution in [2.24, 2.45) is 5.41 Å². The second kappa shape index (κ2) is 11.6. The van der Waals surface area contributed by atoms with Crippen molar-refractivity contribution >= 4 is 28.6 Å². The Hall–Kier alpha value is -2.74. The number of allylic oxidation sites excluding steroid dienone is 2.